The van der Waals surface area contributed by atoms with Crippen molar-refractivity contribution in [1.29, 1.82) is 0 Å². The minimum Gasteiger partial charge on any atom is -0.293 e. The van der Waals surface area contributed by atoms with E-state index < -0.39 is 7.92 Å². The summed E-state index contributed by atoms with van der Waals surface area (Å²) in [4.78, 5) is 0. The van der Waals surface area contributed by atoms with Gasteiger partial charge < -0.3 is 0 Å². The minimum absolute atomic E-state index is 0.340. The van der Waals surface area contributed by atoms with Crippen LogP contribution in [0.15, 0.2) is 121 Å². The molecule has 0 saturated carbocycles. The molecule has 0 N–H and O–H groups in total. The first kappa shape index (κ1) is 24.9. The zero-order valence-electron chi connectivity index (χ0n) is 18.3. The molecule has 0 bridgehead atoms. The third-order valence-electron chi connectivity index (χ3n) is 4.87. The minimum atomic E-state index is -0.434. The van der Waals surface area contributed by atoms with E-state index in [-0.39, 0.29) is 7.92 Å². The smallest absolute Gasteiger partial charge is 0.0196 e. The van der Waals surface area contributed by atoms with E-state index in [4.69, 9.17) is 0 Å². The molecular weight excluding hydrogens is 517 g/mol. The summed E-state index contributed by atoms with van der Waals surface area (Å²) in [5.41, 5.74) is 0. The Labute approximate surface area is 206 Å². The number of benzene rings is 4. The van der Waals surface area contributed by atoms with Crippen LogP contribution >= 0.6 is 15.8 Å². The van der Waals surface area contributed by atoms with Crippen LogP contribution in [0.2, 0.25) is 0 Å². The van der Waals surface area contributed by atoms with Gasteiger partial charge in [0.05, 0.1) is 0 Å². The first-order valence-corrected chi connectivity index (χ1v) is 14.6. The van der Waals surface area contributed by atoms with Gasteiger partial charge in [0.15, 0.2) is 0 Å². The van der Waals surface area contributed by atoms with Crippen molar-refractivity contribution < 1.29 is 18.7 Å². The van der Waals surface area contributed by atoms with Crippen LogP contribution in [0.1, 0.15) is 13.3 Å². The summed E-state index contributed by atoms with van der Waals surface area (Å²) in [5.74, 6) is 0. The fourth-order valence-electron chi connectivity index (χ4n) is 3.48. The van der Waals surface area contributed by atoms with Gasteiger partial charge in [-0.1, -0.05) is 138 Å². The Morgan fingerprint density at radius 2 is 0.906 bits per heavy atom. The molecular formula is C29H29P2Pd-. The first-order valence-electron chi connectivity index (χ1n) is 10.8. The molecule has 0 aliphatic rings. The molecule has 0 aliphatic carbocycles. The largest absolute Gasteiger partial charge is 0.293 e. The van der Waals surface area contributed by atoms with E-state index in [0.717, 1.165) is 6.42 Å². The zero-order chi connectivity index (χ0) is 22.4. The molecule has 0 unspecified atom stereocenters. The maximum atomic E-state index is 2.82. The van der Waals surface area contributed by atoms with Crippen LogP contribution in [0.4, 0.5) is 0 Å². The van der Waals surface area contributed by atoms with Crippen molar-refractivity contribution in [2.24, 2.45) is 0 Å². The van der Waals surface area contributed by atoms with Crippen molar-refractivity contribution in [2.45, 2.75) is 13.3 Å². The molecule has 3 heteroatoms. The van der Waals surface area contributed by atoms with Crippen molar-refractivity contribution in [3.8, 4) is 0 Å². The van der Waals surface area contributed by atoms with Crippen molar-refractivity contribution in [3.63, 3.8) is 0 Å². The number of rotatable bonds is 8. The predicted octanol–water partition coefficient (Wildman–Crippen LogP) is 6.16. The van der Waals surface area contributed by atoms with Gasteiger partial charge in [-0.3, -0.25) is 6.16 Å². The maximum Gasteiger partial charge on any atom is -0.0196 e. The van der Waals surface area contributed by atoms with E-state index in [1.807, 2.05) is 11.4 Å². The SMILES string of the molecule is C[CH]=[Pd].c1ccc(P([CH-]CCP(c2ccccc2)c2ccccc2)c2ccccc2)cc1. The average molecular weight is 546 g/mol. The van der Waals surface area contributed by atoms with E-state index in [1.54, 1.807) is 0 Å². The normalized spacial score (nSPS) is 10.5. The summed E-state index contributed by atoms with van der Waals surface area (Å²) in [5, 5.41) is 5.78. The Morgan fingerprint density at radius 3 is 1.25 bits per heavy atom. The molecule has 4 rings (SSSR count). The van der Waals surface area contributed by atoms with E-state index >= 15 is 0 Å². The van der Waals surface area contributed by atoms with Gasteiger partial charge in [-0.05, 0) is 18.5 Å². The van der Waals surface area contributed by atoms with Gasteiger partial charge in [0.2, 0.25) is 0 Å². The van der Waals surface area contributed by atoms with Gasteiger partial charge in [0.1, 0.15) is 0 Å². The second-order valence-electron chi connectivity index (χ2n) is 7.02. The van der Waals surface area contributed by atoms with Crippen LogP contribution < -0.4 is 21.2 Å². The fraction of sp³-hybridized carbons (Fsp3) is 0.103. The maximum absolute atomic E-state index is 2.82. The van der Waals surface area contributed by atoms with Crippen molar-refractivity contribution in [3.05, 3.63) is 127 Å². The van der Waals surface area contributed by atoms with Crippen LogP contribution in [0.5, 0.6) is 0 Å². The summed E-state index contributed by atoms with van der Waals surface area (Å²) in [6, 6.07) is 43.9. The molecule has 0 aliphatic heterocycles. The molecule has 0 nitrogen and oxygen atoms in total. The van der Waals surface area contributed by atoms with Gasteiger partial charge >= 0.3 is 30.2 Å². The Balaban J connectivity index is 0.000000913. The first-order chi connectivity index (χ1) is 15.8. The molecule has 4 aromatic carbocycles. The van der Waals surface area contributed by atoms with E-state index in [0.29, 0.717) is 0 Å². The summed E-state index contributed by atoms with van der Waals surface area (Å²) in [6.07, 6.45) is 4.87. The quantitative estimate of drug-likeness (QED) is 0.141. The van der Waals surface area contributed by atoms with Crippen molar-refractivity contribution in [1.82, 2.24) is 0 Å². The molecule has 0 aromatic heterocycles. The topological polar surface area (TPSA) is 0 Å². The van der Waals surface area contributed by atoms with E-state index in [2.05, 4.69) is 146 Å². The van der Waals surface area contributed by atoms with Gasteiger partial charge in [-0.25, -0.2) is 7.92 Å². The third kappa shape index (κ3) is 7.70. The summed E-state index contributed by atoms with van der Waals surface area (Å²) in [6.45, 7) is 1.93. The Bertz CT molecular complexity index is 860. The molecule has 0 fully saturated rings. The molecule has 166 valence electrons. The van der Waals surface area contributed by atoms with Crippen molar-refractivity contribution >= 4 is 41.5 Å². The second kappa shape index (κ2) is 14.4. The average Bonchev–Trinajstić information content (AvgIpc) is 2.87. The standard InChI is InChI=1S/C27H25P2.C2H4.Pd/c1-5-14-24(15-6-1)28(25-16-7-2-8-17-25)22-13-23-29(26-18-9-3-10-19-26)27-20-11-4-12-21-27;1-2;/h1-12,14-22H,13,23H2;1H,2H3;/q-1;;. The number of hydrogen-bond donors (Lipinski definition) is 0. The van der Waals surface area contributed by atoms with E-state index in [1.165, 1.54) is 27.4 Å². The molecule has 0 radical (unpaired) electrons. The fourth-order valence-corrected chi connectivity index (χ4v) is 8.04. The third-order valence-corrected chi connectivity index (χ3v) is 9.75. The summed E-state index contributed by atoms with van der Waals surface area (Å²) >= 11 is 2.82. The molecule has 0 amide bonds. The van der Waals surface area contributed by atoms with E-state index in [9.17, 15) is 0 Å². The summed E-state index contributed by atoms with van der Waals surface area (Å²) < 4.78 is 1.85. The van der Waals surface area contributed by atoms with Crippen LogP contribution in [0.3, 0.4) is 0 Å². The Morgan fingerprint density at radius 1 is 0.594 bits per heavy atom. The van der Waals surface area contributed by atoms with Crippen LogP contribution in [-0.4, -0.2) is 10.6 Å². The van der Waals surface area contributed by atoms with Gasteiger partial charge in [0.25, 0.3) is 0 Å². The number of hydrogen-bond acceptors (Lipinski definition) is 0. The van der Waals surface area contributed by atoms with Crippen LogP contribution in [-0.2, 0) is 18.7 Å². The monoisotopic (exact) mass is 545 g/mol. The zero-order valence-corrected chi connectivity index (χ0v) is 21.7. The summed E-state index contributed by atoms with van der Waals surface area (Å²) in [7, 11) is -0.774. The molecule has 4 aromatic rings. The molecule has 0 heterocycles. The van der Waals surface area contributed by atoms with Crippen molar-refractivity contribution in [2.75, 3.05) is 6.16 Å². The van der Waals surface area contributed by atoms with Gasteiger partial charge in [-0.2, -0.15) is 6.42 Å². The van der Waals surface area contributed by atoms with Gasteiger partial charge in [-0.15, -0.1) is 0 Å². The van der Waals surface area contributed by atoms with Crippen LogP contribution in [0, 0.1) is 6.16 Å². The van der Waals surface area contributed by atoms with Crippen LogP contribution in [0.25, 0.3) is 0 Å². The Hall–Kier alpha value is -1.73. The predicted molar refractivity (Wildman–Crippen MR) is 144 cm³/mol. The molecule has 0 atom stereocenters. The molecule has 0 spiro atoms. The second-order valence-corrected chi connectivity index (χ2v) is 12.4. The van der Waals surface area contributed by atoms with Gasteiger partial charge in [0, 0.05) is 0 Å². The molecule has 32 heavy (non-hydrogen) atoms. The Kier molecular flexibility index (Phi) is 11.2. The molecule has 0 saturated heterocycles.